The minimum absolute atomic E-state index is 0.0191. The van der Waals surface area contributed by atoms with E-state index in [4.69, 9.17) is 12.2 Å². The SMILES string of the molecule is CNC(=S)N(Cc1cc2c(C)cc(C)cc2[nH]c1=O)C1CCCC1. The number of hydrogen-bond donors (Lipinski definition) is 2. The average molecular weight is 343 g/mol. The largest absolute Gasteiger partial charge is 0.366 e. The molecule has 0 bridgehead atoms. The van der Waals surface area contributed by atoms with Crippen molar-refractivity contribution in [3.63, 3.8) is 0 Å². The molecule has 2 N–H and O–H groups in total. The van der Waals surface area contributed by atoms with Crippen molar-refractivity contribution >= 4 is 28.2 Å². The van der Waals surface area contributed by atoms with Crippen LogP contribution >= 0.6 is 12.2 Å². The summed E-state index contributed by atoms with van der Waals surface area (Å²) in [4.78, 5) is 17.8. The molecule has 1 aromatic carbocycles. The molecule has 1 fully saturated rings. The lowest BCUT2D eigenvalue weighted by atomic mass is 10.0. The van der Waals surface area contributed by atoms with E-state index in [1.807, 2.05) is 26.1 Å². The lowest BCUT2D eigenvalue weighted by molar-refractivity contribution is 0.304. The summed E-state index contributed by atoms with van der Waals surface area (Å²) in [5.74, 6) is 0. The van der Waals surface area contributed by atoms with Crippen LogP contribution < -0.4 is 10.9 Å². The fourth-order valence-electron chi connectivity index (χ4n) is 3.74. The standard InChI is InChI=1S/C19H25N3OS/c1-12-8-13(2)16-10-14(18(23)21-17(16)9-12)11-22(19(24)20-3)15-6-4-5-7-15/h8-10,15H,4-7,11H2,1-3H3,(H,20,24)(H,21,23). The average Bonchev–Trinajstić information content (AvgIpc) is 3.06. The molecule has 5 heteroatoms. The maximum Gasteiger partial charge on any atom is 0.253 e. The smallest absolute Gasteiger partial charge is 0.253 e. The van der Waals surface area contributed by atoms with Crippen LogP contribution in [0.1, 0.15) is 42.4 Å². The normalized spacial score (nSPS) is 15.0. The number of hydrogen-bond acceptors (Lipinski definition) is 2. The fourth-order valence-corrected chi connectivity index (χ4v) is 3.96. The van der Waals surface area contributed by atoms with Crippen molar-refractivity contribution in [2.45, 2.75) is 52.1 Å². The Morgan fingerprint density at radius 2 is 2.00 bits per heavy atom. The van der Waals surface area contributed by atoms with Crippen molar-refractivity contribution in [2.24, 2.45) is 0 Å². The van der Waals surface area contributed by atoms with Gasteiger partial charge in [-0.1, -0.05) is 18.9 Å². The molecule has 0 saturated heterocycles. The second-order valence-corrected chi connectivity index (χ2v) is 7.17. The zero-order valence-electron chi connectivity index (χ0n) is 14.6. The van der Waals surface area contributed by atoms with E-state index >= 15 is 0 Å². The van der Waals surface area contributed by atoms with Gasteiger partial charge in [0.15, 0.2) is 5.11 Å². The van der Waals surface area contributed by atoms with Crippen LogP contribution in [0.25, 0.3) is 10.9 Å². The van der Waals surface area contributed by atoms with Gasteiger partial charge in [0.1, 0.15) is 0 Å². The summed E-state index contributed by atoms with van der Waals surface area (Å²) in [6.45, 7) is 4.69. The molecule has 1 aliphatic carbocycles. The molecule has 0 atom stereocenters. The highest BCUT2D eigenvalue weighted by atomic mass is 32.1. The predicted octanol–water partition coefficient (Wildman–Crippen LogP) is 3.39. The van der Waals surface area contributed by atoms with E-state index in [1.165, 1.54) is 18.4 Å². The first-order valence-electron chi connectivity index (χ1n) is 8.61. The van der Waals surface area contributed by atoms with Crippen molar-refractivity contribution in [3.8, 4) is 0 Å². The molecule has 1 heterocycles. The van der Waals surface area contributed by atoms with Crippen molar-refractivity contribution < 1.29 is 0 Å². The molecular formula is C19H25N3OS. The van der Waals surface area contributed by atoms with Crippen molar-refractivity contribution in [2.75, 3.05) is 7.05 Å². The van der Waals surface area contributed by atoms with Gasteiger partial charge in [0.2, 0.25) is 0 Å². The second-order valence-electron chi connectivity index (χ2n) is 6.79. The van der Waals surface area contributed by atoms with E-state index in [1.54, 1.807) is 0 Å². The number of pyridine rings is 1. The third-order valence-corrected chi connectivity index (χ3v) is 5.41. The lowest BCUT2D eigenvalue weighted by Crippen LogP contribution is -2.44. The Bertz CT molecular complexity index is 821. The Balaban J connectivity index is 1.99. The molecule has 0 spiro atoms. The quantitative estimate of drug-likeness (QED) is 0.839. The Morgan fingerprint density at radius 1 is 1.29 bits per heavy atom. The van der Waals surface area contributed by atoms with E-state index < -0.39 is 0 Å². The van der Waals surface area contributed by atoms with Crippen LogP contribution in [0.3, 0.4) is 0 Å². The number of fused-ring (bicyclic) bond motifs is 1. The zero-order chi connectivity index (χ0) is 17.3. The maximum atomic E-state index is 12.6. The van der Waals surface area contributed by atoms with Gasteiger partial charge in [0, 0.05) is 29.6 Å². The van der Waals surface area contributed by atoms with Crippen LogP contribution in [0.4, 0.5) is 0 Å². The maximum absolute atomic E-state index is 12.6. The Kier molecular flexibility index (Phi) is 4.90. The number of aromatic amines is 1. The first kappa shape index (κ1) is 17.0. The van der Waals surface area contributed by atoms with Crippen molar-refractivity contribution in [1.82, 2.24) is 15.2 Å². The molecule has 0 radical (unpaired) electrons. The van der Waals surface area contributed by atoms with Crippen LogP contribution in [0.2, 0.25) is 0 Å². The summed E-state index contributed by atoms with van der Waals surface area (Å²) in [6, 6.07) is 6.64. The summed E-state index contributed by atoms with van der Waals surface area (Å²) >= 11 is 5.50. The number of rotatable bonds is 3. The van der Waals surface area contributed by atoms with E-state index in [-0.39, 0.29) is 5.56 Å². The molecule has 1 aromatic heterocycles. The summed E-state index contributed by atoms with van der Waals surface area (Å²) in [5, 5.41) is 4.92. The lowest BCUT2D eigenvalue weighted by Gasteiger charge is -2.31. The number of benzene rings is 1. The summed E-state index contributed by atoms with van der Waals surface area (Å²) in [7, 11) is 1.85. The van der Waals surface area contributed by atoms with Gasteiger partial charge >= 0.3 is 0 Å². The Morgan fingerprint density at radius 3 is 2.67 bits per heavy atom. The Hall–Kier alpha value is -1.88. The number of nitrogens with zero attached hydrogens (tertiary/aromatic N) is 1. The van der Waals surface area contributed by atoms with Crippen LogP contribution in [-0.4, -0.2) is 28.1 Å². The molecule has 1 aliphatic rings. The molecule has 0 amide bonds. The Labute approximate surface area is 148 Å². The minimum Gasteiger partial charge on any atom is -0.366 e. The topological polar surface area (TPSA) is 48.1 Å². The van der Waals surface area contributed by atoms with E-state index in [0.29, 0.717) is 12.6 Å². The van der Waals surface area contributed by atoms with Gasteiger partial charge in [0.25, 0.3) is 5.56 Å². The molecule has 0 unspecified atom stereocenters. The summed E-state index contributed by atoms with van der Waals surface area (Å²) < 4.78 is 0. The number of H-pyrrole nitrogens is 1. The first-order chi connectivity index (χ1) is 11.5. The van der Waals surface area contributed by atoms with Crippen LogP contribution in [0, 0.1) is 13.8 Å². The molecule has 3 rings (SSSR count). The highest BCUT2D eigenvalue weighted by molar-refractivity contribution is 7.80. The zero-order valence-corrected chi connectivity index (χ0v) is 15.4. The minimum atomic E-state index is -0.0191. The van der Waals surface area contributed by atoms with E-state index in [2.05, 4.69) is 28.2 Å². The van der Waals surface area contributed by atoms with Gasteiger partial charge in [-0.2, -0.15) is 0 Å². The van der Waals surface area contributed by atoms with Gasteiger partial charge in [-0.15, -0.1) is 0 Å². The van der Waals surface area contributed by atoms with Crippen LogP contribution in [-0.2, 0) is 6.54 Å². The van der Waals surface area contributed by atoms with E-state index in [9.17, 15) is 4.79 Å². The third-order valence-electron chi connectivity index (χ3n) is 4.97. The number of aromatic nitrogens is 1. The van der Waals surface area contributed by atoms with Gasteiger partial charge < -0.3 is 15.2 Å². The van der Waals surface area contributed by atoms with Crippen LogP contribution in [0.5, 0.6) is 0 Å². The number of thiocarbonyl (C=S) groups is 1. The van der Waals surface area contributed by atoms with Gasteiger partial charge in [-0.25, -0.2) is 0 Å². The van der Waals surface area contributed by atoms with E-state index in [0.717, 1.165) is 40.0 Å². The summed E-state index contributed by atoms with van der Waals surface area (Å²) in [6.07, 6.45) is 4.76. The molecule has 1 saturated carbocycles. The second kappa shape index (κ2) is 6.93. The van der Waals surface area contributed by atoms with Gasteiger partial charge in [-0.05, 0) is 62.2 Å². The molecule has 128 valence electrons. The predicted molar refractivity (Wildman–Crippen MR) is 103 cm³/mol. The summed E-state index contributed by atoms with van der Waals surface area (Å²) in [5.41, 5.74) is 4.01. The van der Waals surface area contributed by atoms with Crippen molar-refractivity contribution in [1.29, 1.82) is 0 Å². The molecule has 4 nitrogen and oxygen atoms in total. The van der Waals surface area contributed by atoms with Gasteiger partial charge in [0.05, 0.1) is 6.54 Å². The molecule has 24 heavy (non-hydrogen) atoms. The third kappa shape index (κ3) is 3.31. The number of aryl methyl sites for hydroxylation is 2. The first-order valence-corrected chi connectivity index (χ1v) is 9.02. The van der Waals surface area contributed by atoms with Crippen molar-refractivity contribution in [3.05, 3.63) is 45.2 Å². The molecule has 0 aliphatic heterocycles. The fraction of sp³-hybridized carbons (Fsp3) is 0.474. The molecular weight excluding hydrogens is 318 g/mol. The monoisotopic (exact) mass is 343 g/mol. The number of nitrogens with one attached hydrogen (secondary N) is 2. The highest BCUT2D eigenvalue weighted by Crippen LogP contribution is 2.25. The highest BCUT2D eigenvalue weighted by Gasteiger charge is 2.25. The van der Waals surface area contributed by atoms with Crippen LogP contribution in [0.15, 0.2) is 23.0 Å². The molecule has 2 aromatic rings. The van der Waals surface area contributed by atoms with Gasteiger partial charge in [-0.3, -0.25) is 4.79 Å².